The predicted molar refractivity (Wildman–Crippen MR) is 110 cm³/mol. The summed E-state index contributed by atoms with van der Waals surface area (Å²) in [6, 6.07) is 20.3. The molecule has 0 fully saturated rings. The van der Waals surface area contributed by atoms with Gasteiger partial charge in [0.25, 0.3) is 5.91 Å². The number of nitrogens with zero attached hydrogens (tertiary/aromatic N) is 2. The first kappa shape index (κ1) is 17.5. The van der Waals surface area contributed by atoms with Crippen LogP contribution in [0.1, 0.15) is 10.4 Å². The zero-order valence-corrected chi connectivity index (χ0v) is 16.3. The summed E-state index contributed by atoms with van der Waals surface area (Å²) >= 11 is 1.43. The highest BCUT2D eigenvalue weighted by molar-refractivity contribution is 7.16. The molecule has 0 unspecified atom stereocenters. The third kappa shape index (κ3) is 3.36. The summed E-state index contributed by atoms with van der Waals surface area (Å²) in [5.74, 6) is 2.38. The Labute approximate surface area is 170 Å². The molecule has 2 heterocycles. The van der Waals surface area contributed by atoms with Crippen molar-refractivity contribution < 1.29 is 19.0 Å². The van der Waals surface area contributed by atoms with Crippen LogP contribution in [0.25, 0.3) is 10.2 Å². The van der Waals surface area contributed by atoms with Gasteiger partial charge in [-0.2, -0.15) is 4.99 Å². The van der Waals surface area contributed by atoms with E-state index in [0.29, 0.717) is 33.4 Å². The minimum atomic E-state index is -0.328. The molecule has 1 aromatic heterocycles. The number of carbonyl (C=O) groups is 1. The van der Waals surface area contributed by atoms with E-state index >= 15 is 0 Å². The highest BCUT2D eigenvalue weighted by Gasteiger charge is 2.17. The Hall–Kier alpha value is -3.58. The fourth-order valence-electron chi connectivity index (χ4n) is 3.09. The van der Waals surface area contributed by atoms with Crippen molar-refractivity contribution >= 4 is 27.5 Å². The van der Waals surface area contributed by atoms with Gasteiger partial charge in [-0.15, -0.1) is 0 Å². The SMILES string of the molecule is Cn1c(=NC(=O)c2cccc(Oc3ccccc3)c2)sc2cc3c(cc21)OCO3. The van der Waals surface area contributed by atoms with E-state index in [1.165, 1.54) is 11.3 Å². The van der Waals surface area contributed by atoms with Gasteiger partial charge in [0.2, 0.25) is 6.79 Å². The zero-order chi connectivity index (χ0) is 19.8. The minimum absolute atomic E-state index is 0.230. The number of amides is 1. The van der Waals surface area contributed by atoms with Crippen LogP contribution >= 0.6 is 11.3 Å². The molecule has 3 aromatic carbocycles. The Morgan fingerprint density at radius 1 is 1.00 bits per heavy atom. The summed E-state index contributed by atoms with van der Waals surface area (Å²) in [7, 11) is 1.88. The largest absolute Gasteiger partial charge is 0.457 e. The van der Waals surface area contributed by atoms with E-state index in [0.717, 1.165) is 10.2 Å². The van der Waals surface area contributed by atoms with Crippen molar-refractivity contribution in [1.82, 2.24) is 4.57 Å². The van der Waals surface area contributed by atoms with Gasteiger partial charge in [-0.3, -0.25) is 4.79 Å². The Bertz CT molecular complexity index is 1290. The lowest BCUT2D eigenvalue weighted by Crippen LogP contribution is -2.13. The molecule has 29 heavy (non-hydrogen) atoms. The summed E-state index contributed by atoms with van der Waals surface area (Å²) in [5.41, 5.74) is 1.40. The van der Waals surface area contributed by atoms with Crippen LogP contribution in [0.2, 0.25) is 0 Å². The van der Waals surface area contributed by atoms with Crippen LogP contribution in [-0.4, -0.2) is 17.3 Å². The third-order valence-corrected chi connectivity index (χ3v) is 5.66. The number of rotatable bonds is 3. The van der Waals surface area contributed by atoms with Crippen LogP contribution in [0.3, 0.4) is 0 Å². The smallest absolute Gasteiger partial charge is 0.279 e. The van der Waals surface area contributed by atoms with Crippen LogP contribution < -0.4 is 19.0 Å². The van der Waals surface area contributed by atoms with Crippen molar-refractivity contribution in [2.24, 2.45) is 12.0 Å². The Balaban J connectivity index is 1.47. The summed E-state index contributed by atoms with van der Waals surface area (Å²) < 4.78 is 19.5. The van der Waals surface area contributed by atoms with Crippen LogP contribution in [0.5, 0.6) is 23.0 Å². The third-order valence-electron chi connectivity index (χ3n) is 4.56. The standard InChI is InChI=1S/C22H16N2O4S/c1-24-17-11-18-19(27-13-26-18)12-20(17)29-22(24)23-21(25)14-6-5-9-16(10-14)28-15-7-3-2-4-8-15/h2-12H,13H2,1H3. The number of ether oxygens (including phenoxy) is 3. The average Bonchev–Trinajstić information content (AvgIpc) is 3.31. The van der Waals surface area contributed by atoms with Crippen LogP contribution in [0, 0.1) is 0 Å². The van der Waals surface area contributed by atoms with Gasteiger partial charge in [0.1, 0.15) is 11.5 Å². The molecule has 0 saturated heterocycles. The second-order valence-electron chi connectivity index (χ2n) is 6.48. The summed E-state index contributed by atoms with van der Waals surface area (Å²) in [6.07, 6.45) is 0. The fourth-order valence-corrected chi connectivity index (χ4v) is 4.12. The van der Waals surface area contributed by atoms with Crippen LogP contribution in [-0.2, 0) is 7.05 Å². The molecule has 4 aromatic rings. The van der Waals surface area contributed by atoms with E-state index in [4.69, 9.17) is 14.2 Å². The molecule has 144 valence electrons. The van der Waals surface area contributed by atoms with Crippen molar-refractivity contribution in [1.29, 1.82) is 0 Å². The molecule has 0 radical (unpaired) electrons. The number of aromatic nitrogens is 1. The number of carbonyl (C=O) groups excluding carboxylic acids is 1. The van der Waals surface area contributed by atoms with Gasteiger partial charge in [0, 0.05) is 24.7 Å². The lowest BCUT2D eigenvalue weighted by Gasteiger charge is -2.06. The van der Waals surface area contributed by atoms with Gasteiger partial charge in [0.15, 0.2) is 16.3 Å². The number of fused-ring (bicyclic) bond motifs is 2. The van der Waals surface area contributed by atoms with Crippen LogP contribution in [0.4, 0.5) is 0 Å². The van der Waals surface area contributed by atoms with Crippen molar-refractivity contribution in [2.45, 2.75) is 0 Å². The molecule has 6 nitrogen and oxygen atoms in total. The first-order valence-corrected chi connectivity index (χ1v) is 9.80. The van der Waals surface area contributed by atoms with Crippen LogP contribution in [0.15, 0.2) is 71.7 Å². The summed E-state index contributed by atoms with van der Waals surface area (Å²) in [5, 5.41) is 0. The molecule has 0 N–H and O–H groups in total. The van der Waals surface area contributed by atoms with Crippen molar-refractivity contribution in [3.8, 4) is 23.0 Å². The zero-order valence-electron chi connectivity index (χ0n) is 15.5. The molecule has 5 rings (SSSR count). The highest BCUT2D eigenvalue weighted by atomic mass is 32.1. The number of thiazole rings is 1. The maximum Gasteiger partial charge on any atom is 0.279 e. The molecule has 1 amide bonds. The number of benzene rings is 3. The first-order valence-electron chi connectivity index (χ1n) is 8.98. The van der Waals surface area contributed by atoms with Gasteiger partial charge >= 0.3 is 0 Å². The van der Waals surface area contributed by atoms with Crippen molar-refractivity contribution in [2.75, 3.05) is 6.79 Å². The molecule has 0 bridgehead atoms. The molecule has 0 atom stereocenters. The van der Waals surface area contributed by atoms with Gasteiger partial charge in [-0.1, -0.05) is 35.6 Å². The second kappa shape index (κ2) is 7.10. The van der Waals surface area contributed by atoms with Gasteiger partial charge in [0.05, 0.1) is 10.2 Å². The Morgan fingerprint density at radius 3 is 2.59 bits per heavy atom. The van der Waals surface area contributed by atoms with Gasteiger partial charge in [-0.25, -0.2) is 0 Å². The van der Waals surface area contributed by atoms with E-state index in [-0.39, 0.29) is 12.7 Å². The Kier molecular flexibility index (Phi) is 4.29. The van der Waals surface area contributed by atoms with E-state index < -0.39 is 0 Å². The molecule has 0 spiro atoms. The number of para-hydroxylation sites is 1. The molecule has 7 heteroatoms. The van der Waals surface area contributed by atoms with Gasteiger partial charge < -0.3 is 18.8 Å². The number of hydrogen-bond acceptors (Lipinski definition) is 5. The lowest BCUT2D eigenvalue weighted by molar-refractivity contribution is 0.0997. The topological polar surface area (TPSA) is 62.1 Å². The molecule has 0 aliphatic carbocycles. The lowest BCUT2D eigenvalue weighted by atomic mass is 10.2. The quantitative estimate of drug-likeness (QED) is 0.504. The predicted octanol–water partition coefficient (Wildman–Crippen LogP) is 4.50. The molecular weight excluding hydrogens is 388 g/mol. The molecule has 1 aliphatic heterocycles. The molecule has 1 aliphatic rings. The maximum absolute atomic E-state index is 12.8. The number of hydrogen-bond donors (Lipinski definition) is 0. The normalized spacial score (nSPS) is 13.1. The average molecular weight is 404 g/mol. The fraction of sp³-hybridized carbons (Fsp3) is 0.0909. The minimum Gasteiger partial charge on any atom is -0.457 e. The summed E-state index contributed by atoms with van der Waals surface area (Å²) in [6.45, 7) is 0.230. The van der Waals surface area contributed by atoms with E-state index in [2.05, 4.69) is 4.99 Å². The van der Waals surface area contributed by atoms with E-state index in [1.807, 2.05) is 60.1 Å². The highest BCUT2D eigenvalue weighted by Crippen LogP contribution is 2.36. The number of aryl methyl sites for hydroxylation is 1. The molecular formula is C22H16N2O4S. The monoisotopic (exact) mass is 404 g/mol. The van der Waals surface area contributed by atoms with Crippen molar-refractivity contribution in [3.05, 3.63) is 77.1 Å². The maximum atomic E-state index is 12.8. The second-order valence-corrected chi connectivity index (χ2v) is 7.49. The van der Waals surface area contributed by atoms with E-state index in [9.17, 15) is 4.79 Å². The molecule has 0 saturated carbocycles. The Morgan fingerprint density at radius 2 is 1.76 bits per heavy atom. The summed E-state index contributed by atoms with van der Waals surface area (Å²) in [4.78, 5) is 17.7. The van der Waals surface area contributed by atoms with Crippen molar-refractivity contribution in [3.63, 3.8) is 0 Å². The first-order chi connectivity index (χ1) is 14.2. The van der Waals surface area contributed by atoms with E-state index in [1.54, 1.807) is 18.2 Å². The van der Waals surface area contributed by atoms with Gasteiger partial charge in [-0.05, 0) is 30.3 Å².